The van der Waals surface area contributed by atoms with E-state index in [-0.39, 0.29) is 6.10 Å². The molecule has 0 aromatic heterocycles. The van der Waals surface area contributed by atoms with E-state index < -0.39 is 0 Å². The number of nitrogens with one attached hydrogen (secondary N) is 3. The van der Waals surface area contributed by atoms with Gasteiger partial charge in [0.2, 0.25) is 0 Å². The van der Waals surface area contributed by atoms with Crippen LogP contribution in [-0.2, 0) is 16.0 Å². The summed E-state index contributed by atoms with van der Waals surface area (Å²) in [4.78, 5) is 4.28. The summed E-state index contributed by atoms with van der Waals surface area (Å²) in [5.74, 6) is 0.795. The first-order valence-corrected chi connectivity index (χ1v) is 10.2. The van der Waals surface area contributed by atoms with Crippen molar-refractivity contribution in [3.05, 3.63) is 65.7 Å². The predicted molar refractivity (Wildman–Crippen MR) is 120 cm³/mol. The molecule has 1 unspecified atom stereocenters. The summed E-state index contributed by atoms with van der Waals surface area (Å²) < 4.78 is 10.9. The molecule has 6 nitrogen and oxygen atoms in total. The molecule has 3 N–H and O–H groups in total. The Labute approximate surface area is 174 Å². The first-order chi connectivity index (χ1) is 14.2. The van der Waals surface area contributed by atoms with Gasteiger partial charge in [0.25, 0.3) is 0 Å². The molecule has 0 aliphatic carbocycles. The number of hydrogen-bond donors (Lipinski definition) is 3. The average Bonchev–Trinajstić information content (AvgIpc) is 2.77. The Morgan fingerprint density at radius 2 is 1.72 bits per heavy atom. The van der Waals surface area contributed by atoms with E-state index in [1.165, 1.54) is 11.1 Å². The van der Waals surface area contributed by atoms with Gasteiger partial charge in [-0.25, -0.2) is 0 Å². The number of nitrogens with zero attached hydrogens (tertiary/aromatic N) is 1. The molecule has 0 aliphatic rings. The minimum atomic E-state index is 0.112. The van der Waals surface area contributed by atoms with Gasteiger partial charge in [-0.3, -0.25) is 4.99 Å². The summed E-state index contributed by atoms with van der Waals surface area (Å²) in [6, 6.07) is 18.7. The van der Waals surface area contributed by atoms with Crippen molar-refractivity contribution in [2.75, 3.05) is 45.8 Å². The van der Waals surface area contributed by atoms with Crippen molar-refractivity contribution < 1.29 is 9.47 Å². The lowest BCUT2D eigenvalue weighted by molar-refractivity contribution is 0.0646. The van der Waals surface area contributed by atoms with E-state index >= 15 is 0 Å². The van der Waals surface area contributed by atoms with E-state index in [0.29, 0.717) is 13.2 Å². The third-order valence-electron chi connectivity index (χ3n) is 4.52. The zero-order valence-corrected chi connectivity index (χ0v) is 17.8. The molecule has 0 radical (unpaired) electrons. The highest BCUT2D eigenvalue weighted by atomic mass is 16.5. The minimum absolute atomic E-state index is 0.112. The van der Waals surface area contributed by atoms with Crippen molar-refractivity contribution in [1.82, 2.24) is 10.6 Å². The Balaban J connectivity index is 1.61. The van der Waals surface area contributed by atoms with Crippen molar-refractivity contribution in [2.24, 2.45) is 4.99 Å². The normalized spacial score (nSPS) is 12.4. The Kier molecular flexibility index (Phi) is 10.6. The maximum absolute atomic E-state index is 5.91. The summed E-state index contributed by atoms with van der Waals surface area (Å²) in [5.41, 5.74) is 3.50. The first-order valence-electron chi connectivity index (χ1n) is 10.2. The van der Waals surface area contributed by atoms with Gasteiger partial charge < -0.3 is 25.4 Å². The Hall–Kier alpha value is -2.57. The third kappa shape index (κ3) is 8.98. The molecule has 6 heteroatoms. The van der Waals surface area contributed by atoms with Crippen molar-refractivity contribution in [2.45, 2.75) is 26.0 Å². The van der Waals surface area contributed by atoms with Gasteiger partial charge in [-0.1, -0.05) is 42.5 Å². The molecule has 0 aliphatic heterocycles. The number of anilines is 1. The second kappa shape index (κ2) is 13.6. The fourth-order valence-electron chi connectivity index (χ4n) is 2.80. The summed E-state index contributed by atoms with van der Waals surface area (Å²) in [6.45, 7) is 5.82. The zero-order valence-electron chi connectivity index (χ0n) is 17.8. The topological polar surface area (TPSA) is 66.9 Å². The lowest BCUT2D eigenvalue weighted by Gasteiger charge is -2.15. The minimum Gasteiger partial charge on any atom is -0.383 e. The van der Waals surface area contributed by atoms with Crippen LogP contribution in [0.25, 0.3) is 0 Å². The molecule has 0 amide bonds. The van der Waals surface area contributed by atoms with Crippen LogP contribution in [0.15, 0.2) is 59.6 Å². The van der Waals surface area contributed by atoms with Crippen LogP contribution < -0.4 is 16.0 Å². The van der Waals surface area contributed by atoms with Gasteiger partial charge in [0.1, 0.15) is 0 Å². The van der Waals surface area contributed by atoms with Crippen LogP contribution in [-0.4, -0.2) is 46.4 Å². The van der Waals surface area contributed by atoms with Gasteiger partial charge in [-0.15, -0.1) is 0 Å². The average molecular weight is 399 g/mol. The van der Waals surface area contributed by atoms with Crippen LogP contribution in [0.2, 0.25) is 0 Å². The van der Waals surface area contributed by atoms with E-state index in [2.05, 4.69) is 64.3 Å². The van der Waals surface area contributed by atoms with Crippen molar-refractivity contribution in [3.8, 4) is 0 Å². The zero-order chi connectivity index (χ0) is 20.7. The second-order valence-electron chi connectivity index (χ2n) is 6.75. The molecule has 0 saturated heterocycles. The van der Waals surface area contributed by atoms with Crippen LogP contribution in [0.3, 0.4) is 0 Å². The lowest BCUT2D eigenvalue weighted by Crippen LogP contribution is -2.37. The molecule has 2 aromatic carbocycles. The summed E-state index contributed by atoms with van der Waals surface area (Å²) >= 11 is 0. The fourth-order valence-corrected chi connectivity index (χ4v) is 2.80. The van der Waals surface area contributed by atoms with Gasteiger partial charge in [0.05, 0.1) is 12.7 Å². The maximum atomic E-state index is 5.91. The van der Waals surface area contributed by atoms with Crippen LogP contribution >= 0.6 is 0 Å². The number of methoxy groups -OCH3 is 1. The van der Waals surface area contributed by atoms with Crippen LogP contribution in [0.1, 0.15) is 30.6 Å². The largest absolute Gasteiger partial charge is 0.383 e. The first kappa shape index (κ1) is 22.7. The second-order valence-corrected chi connectivity index (χ2v) is 6.75. The highest BCUT2D eigenvalue weighted by Crippen LogP contribution is 2.15. The van der Waals surface area contributed by atoms with Gasteiger partial charge in [0, 0.05) is 46.1 Å². The summed E-state index contributed by atoms with van der Waals surface area (Å²) in [5, 5.41) is 9.99. The maximum Gasteiger partial charge on any atom is 0.191 e. The molecule has 29 heavy (non-hydrogen) atoms. The lowest BCUT2D eigenvalue weighted by atomic mass is 10.1. The number of benzene rings is 2. The van der Waals surface area contributed by atoms with E-state index in [0.717, 1.165) is 37.7 Å². The quantitative estimate of drug-likeness (QED) is 0.290. The van der Waals surface area contributed by atoms with E-state index in [9.17, 15) is 0 Å². The van der Waals surface area contributed by atoms with Gasteiger partial charge in [-0.2, -0.15) is 0 Å². The molecule has 0 heterocycles. The number of hydrogen-bond acceptors (Lipinski definition) is 4. The smallest absolute Gasteiger partial charge is 0.191 e. The summed E-state index contributed by atoms with van der Waals surface area (Å²) in [6.07, 6.45) is 1.03. The number of rotatable bonds is 12. The highest BCUT2D eigenvalue weighted by molar-refractivity contribution is 5.79. The standard InChI is InChI=1S/C23H34N4O2/c1-19(21-8-5-4-6-9-21)29-16-7-14-26-23(24-2)27-18-20-10-12-22(13-11-20)25-15-17-28-3/h4-6,8-13,19,25H,7,14-18H2,1-3H3,(H2,24,26,27). The van der Waals surface area contributed by atoms with Gasteiger partial charge in [0.15, 0.2) is 5.96 Å². The van der Waals surface area contributed by atoms with Crippen molar-refractivity contribution in [3.63, 3.8) is 0 Å². The molecule has 0 saturated carbocycles. The molecular weight excluding hydrogens is 364 g/mol. The molecule has 0 fully saturated rings. The number of ether oxygens (including phenoxy) is 2. The molecule has 158 valence electrons. The van der Waals surface area contributed by atoms with E-state index in [1.807, 2.05) is 18.2 Å². The molecule has 0 spiro atoms. The van der Waals surface area contributed by atoms with Crippen LogP contribution in [0, 0.1) is 0 Å². The predicted octanol–water partition coefficient (Wildman–Crippen LogP) is 3.58. The Bertz CT molecular complexity index is 705. The number of guanidine groups is 1. The Morgan fingerprint density at radius 1 is 0.966 bits per heavy atom. The van der Waals surface area contributed by atoms with Crippen molar-refractivity contribution >= 4 is 11.6 Å². The molecule has 1 atom stereocenters. The highest BCUT2D eigenvalue weighted by Gasteiger charge is 2.04. The molecule has 2 aromatic rings. The number of aliphatic imine (C=N–C) groups is 1. The third-order valence-corrected chi connectivity index (χ3v) is 4.52. The van der Waals surface area contributed by atoms with Gasteiger partial charge in [-0.05, 0) is 36.6 Å². The fraction of sp³-hybridized carbons (Fsp3) is 0.435. The SMILES string of the molecule is CN=C(NCCCOC(C)c1ccccc1)NCc1ccc(NCCOC)cc1. The monoisotopic (exact) mass is 398 g/mol. The van der Waals surface area contributed by atoms with Crippen molar-refractivity contribution in [1.29, 1.82) is 0 Å². The van der Waals surface area contributed by atoms with E-state index in [4.69, 9.17) is 9.47 Å². The molecule has 2 rings (SSSR count). The Morgan fingerprint density at radius 3 is 2.41 bits per heavy atom. The molecule has 0 bridgehead atoms. The van der Waals surface area contributed by atoms with Crippen LogP contribution in [0.4, 0.5) is 5.69 Å². The summed E-state index contributed by atoms with van der Waals surface area (Å²) in [7, 11) is 3.49. The molecular formula is C23H34N4O2. The van der Waals surface area contributed by atoms with Gasteiger partial charge >= 0.3 is 0 Å². The van der Waals surface area contributed by atoms with Crippen LogP contribution in [0.5, 0.6) is 0 Å². The van der Waals surface area contributed by atoms with E-state index in [1.54, 1.807) is 14.2 Å².